The van der Waals surface area contributed by atoms with E-state index in [4.69, 9.17) is 28.3 Å². The third-order valence-corrected chi connectivity index (χ3v) is 2.52. The van der Waals surface area contributed by atoms with Gasteiger partial charge in [-0.15, -0.1) is 0 Å². The van der Waals surface area contributed by atoms with E-state index in [0.29, 0.717) is 11.3 Å². The summed E-state index contributed by atoms with van der Waals surface area (Å²) in [7, 11) is 0. The number of carbonyl (C=O) groups is 1. The van der Waals surface area contributed by atoms with Crippen molar-refractivity contribution in [2.24, 2.45) is 0 Å². The molecule has 0 fully saturated rings. The standard InChI is InChI=1S/C11H10Cl2FNO2/c1-6(2-10(16)17)5-15-11-8(12)3-7(14)4-9(11)13/h2-4,15H,5H2,1H3,(H,16,17). The van der Waals surface area contributed by atoms with Crippen molar-refractivity contribution >= 4 is 34.9 Å². The smallest absolute Gasteiger partial charge is 0.328 e. The lowest BCUT2D eigenvalue weighted by molar-refractivity contribution is -0.131. The number of rotatable bonds is 4. The molecular formula is C11H10Cl2FNO2. The van der Waals surface area contributed by atoms with Gasteiger partial charge in [-0.2, -0.15) is 0 Å². The Bertz CT molecular complexity index is 452. The monoisotopic (exact) mass is 277 g/mol. The summed E-state index contributed by atoms with van der Waals surface area (Å²) in [5.74, 6) is -1.55. The third-order valence-electron chi connectivity index (χ3n) is 1.92. The lowest BCUT2D eigenvalue weighted by atomic mass is 10.2. The first-order valence-electron chi connectivity index (χ1n) is 4.68. The molecular weight excluding hydrogens is 268 g/mol. The van der Waals surface area contributed by atoms with E-state index in [-0.39, 0.29) is 16.6 Å². The molecule has 0 spiro atoms. The average molecular weight is 278 g/mol. The molecule has 0 aliphatic carbocycles. The van der Waals surface area contributed by atoms with Crippen LogP contribution in [0.3, 0.4) is 0 Å². The summed E-state index contributed by atoms with van der Waals surface area (Å²) in [6.45, 7) is 1.91. The molecule has 0 saturated heterocycles. The minimum absolute atomic E-state index is 0.151. The highest BCUT2D eigenvalue weighted by atomic mass is 35.5. The summed E-state index contributed by atoms with van der Waals surface area (Å²) in [6, 6.07) is 2.26. The van der Waals surface area contributed by atoms with Crippen LogP contribution in [0.1, 0.15) is 6.92 Å². The topological polar surface area (TPSA) is 49.3 Å². The summed E-state index contributed by atoms with van der Waals surface area (Å²) >= 11 is 11.6. The van der Waals surface area contributed by atoms with Crippen LogP contribution in [0.15, 0.2) is 23.8 Å². The predicted molar refractivity (Wildman–Crippen MR) is 66.3 cm³/mol. The van der Waals surface area contributed by atoms with E-state index in [1.165, 1.54) is 0 Å². The molecule has 3 nitrogen and oxygen atoms in total. The fourth-order valence-corrected chi connectivity index (χ4v) is 1.79. The van der Waals surface area contributed by atoms with Crippen molar-refractivity contribution in [1.82, 2.24) is 0 Å². The first kappa shape index (κ1) is 13.8. The summed E-state index contributed by atoms with van der Waals surface area (Å²) < 4.78 is 12.9. The molecule has 0 radical (unpaired) electrons. The van der Waals surface area contributed by atoms with Crippen molar-refractivity contribution in [3.05, 3.63) is 39.6 Å². The molecule has 1 aromatic carbocycles. The third kappa shape index (κ3) is 4.24. The van der Waals surface area contributed by atoms with E-state index in [9.17, 15) is 9.18 Å². The molecule has 1 rings (SSSR count). The zero-order chi connectivity index (χ0) is 13.0. The Kier molecular flexibility index (Phi) is 4.78. The van der Waals surface area contributed by atoms with Crippen LogP contribution in [0.2, 0.25) is 10.0 Å². The Morgan fingerprint density at radius 3 is 2.47 bits per heavy atom. The van der Waals surface area contributed by atoms with E-state index in [2.05, 4.69) is 5.32 Å². The van der Waals surface area contributed by atoms with E-state index in [0.717, 1.165) is 18.2 Å². The molecule has 0 aliphatic heterocycles. The molecule has 0 atom stereocenters. The lowest BCUT2D eigenvalue weighted by Crippen LogP contribution is -2.05. The first-order valence-corrected chi connectivity index (χ1v) is 5.44. The van der Waals surface area contributed by atoms with Gasteiger partial charge in [-0.1, -0.05) is 23.2 Å². The van der Waals surface area contributed by atoms with Gasteiger partial charge in [-0.05, 0) is 24.6 Å². The van der Waals surface area contributed by atoms with Crippen LogP contribution in [-0.2, 0) is 4.79 Å². The molecule has 0 saturated carbocycles. The van der Waals surface area contributed by atoms with Crippen LogP contribution >= 0.6 is 23.2 Å². The zero-order valence-electron chi connectivity index (χ0n) is 8.93. The summed E-state index contributed by atoms with van der Waals surface area (Å²) in [5, 5.41) is 11.7. The summed E-state index contributed by atoms with van der Waals surface area (Å²) in [6.07, 6.45) is 1.07. The van der Waals surface area contributed by atoms with E-state index in [1.54, 1.807) is 6.92 Å². The minimum Gasteiger partial charge on any atom is -0.478 e. The number of carboxylic acid groups (broad SMARTS) is 1. The van der Waals surface area contributed by atoms with Gasteiger partial charge >= 0.3 is 5.97 Å². The molecule has 1 aromatic rings. The van der Waals surface area contributed by atoms with Gasteiger partial charge in [0.15, 0.2) is 0 Å². The highest BCUT2D eigenvalue weighted by Crippen LogP contribution is 2.31. The van der Waals surface area contributed by atoms with Crippen LogP contribution < -0.4 is 5.32 Å². The lowest BCUT2D eigenvalue weighted by Gasteiger charge is -2.10. The second-order valence-electron chi connectivity index (χ2n) is 3.43. The molecule has 17 heavy (non-hydrogen) atoms. The van der Waals surface area contributed by atoms with Gasteiger partial charge in [0.05, 0.1) is 15.7 Å². The molecule has 0 unspecified atom stereocenters. The predicted octanol–water partition coefficient (Wildman–Crippen LogP) is 3.58. The molecule has 6 heteroatoms. The molecule has 0 amide bonds. The Morgan fingerprint density at radius 1 is 1.47 bits per heavy atom. The van der Waals surface area contributed by atoms with Gasteiger partial charge in [0.1, 0.15) is 5.82 Å². The van der Waals surface area contributed by atoms with Crippen molar-refractivity contribution < 1.29 is 14.3 Å². The summed E-state index contributed by atoms with van der Waals surface area (Å²) in [5.41, 5.74) is 0.974. The van der Waals surface area contributed by atoms with Gasteiger partial charge < -0.3 is 10.4 Å². The fraction of sp³-hybridized carbons (Fsp3) is 0.182. The van der Waals surface area contributed by atoms with Crippen LogP contribution in [-0.4, -0.2) is 17.6 Å². The normalized spacial score (nSPS) is 11.4. The number of nitrogens with one attached hydrogen (secondary N) is 1. The molecule has 0 aliphatic rings. The Balaban J connectivity index is 2.80. The maximum atomic E-state index is 12.9. The minimum atomic E-state index is -1.03. The molecule has 92 valence electrons. The van der Waals surface area contributed by atoms with Gasteiger partial charge in [-0.3, -0.25) is 0 Å². The van der Waals surface area contributed by atoms with Gasteiger partial charge in [0.25, 0.3) is 0 Å². The largest absolute Gasteiger partial charge is 0.478 e. The first-order chi connectivity index (χ1) is 7.90. The fourth-order valence-electron chi connectivity index (χ4n) is 1.20. The van der Waals surface area contributed by atoms with Crippen molar-refractivity contribution in [3.8, 4) is 0 Å². The maximum absolute atomic E-state index is 12.9. The van der Waals surface area contributed by atoms with E-state index >= 15 is 0 Å². The zero-order valence-corrected chi connectivity index (χ0v) is 10.4. The van der Waals surface area contributed by atoms with Crippen molar-refractivity contribution in [3.63, 3.8) is 0 Å². The number of aliphatic carboxylic acids is 1. The number of anilines is 1. The van der Waals surface area contributed by atoms with Crippen molar-refractivity contribution in [2.45, 2.75) is 6.92 Å². The highest BCUT2D eigenvalue weighted by molar-refractivity contribution is 6.39. The van der Waals surface area contributed by atoms with Crippen molar-refractivity contribution in [2.75, 3.05) is 11.9 Å². The molecule has 2 N–H and O–H groups in total. The number of hydrogen-bond acceptors (Lipinski definition) is 2. The van der Waals surface area contributed by atoms with Crippen LogP contribution in [0.4, 0.5) is 10.1 Å². The molecule has 0 bridgehead atoms. The Morgan fingerprint density at radius 2 is 2.00 bits per heavy atom. The molecule has 0 heterocycles. The van der Waals surface area contributed by atoms with Crippen LogP contribution in [0, 0.1) is 5.82 Å². The second kappa shape index (κ2) is 5.89. The van der Waals surface area contributed by atoms with Crippen LogP contribution in [0.25, 0.3) is 0 Å². The van der Waals surface area contributed by atoms with Gasteiger partial charge in [0.2, 0.25) is 0 Å². The summed E-state index contributed by atoms with van der Waals surface area (Å²) in [4.78, 5) is 10.4. The van der Waals surface area contributed by atoms with Crippen LogP contribution in [0.5, 0.6) is 0 Å². The SMILES string of the molecule is CC(=CC(=O)O)CNc1c(Cl)cc(F)cc1Cl. The quantitative estimate of drug-likeness (QED) is 0.828. The number of carboxylic acids is 1. The average Bonchev–Trinajstić information content (AvgIpc) is 2.14. The second-order valence-corrected chi connectivity index (χ2v) is 4.24. The van der Waals surface area contributed by atoms with E-state index in [1.807, 2.05) is 0 Å². The van der Waals surface area contributed by atoms with Gasteiger partial charge in [0, 0.05) is 12.6 Å². The van der Waals surface area contributed by atoms with Crippen molar-refractivity contribution in [1.29, 1.82) is 0 Å². The number of halogens is 3. The Labute approximate surface area is 108 Å². The molecule has 0 aromatic heterocycles. The van der Waals surface area contributed by atoms with Gasteiger partial charge in [-0.25, -0.2) is 9.18 Å². The number of benzene rings is 1. The Hall–Kier alpha value is -1.26. The maximum Gasteiger partial charge on any atom is 0.328 e. The highest BCUT2D eigenvalue weighted by Gasteiger charge is 2.08. The number of hydrogen-bond donors (Lipinski definition) is 2. The van der Waals surface area contributed by atoms with E-state index < -0.39 is 11.8 Å².